The lowest BCUT2D eigenvalue weighted by Crippen LogP contribution is -2.36. The lowest BCUT2D eigenvalue weighted by molar-refractivity contribution is -0.324. The normalized spacial score (nSPS) is 21.3. The summed E-state index contributed by atoms with van der Waals surface area (Å²) >= 11 is 0. The highest BCUT2D eigenvalue weighted by molar-refractivity contribution is 5.76. The number of hydrogen-bond acceptors (Lipinski definition) is 4. The molecule has 1 fully saturated rings. The molecular weight excluding hydrogens is 188 g/mol. The molecule has 14 heavy (non-hydrogen) atoms. The Balaban J connectivity index is 2.06. The first-order chi connectivity index (χ1) is 6.83. The van der Waals surface area contributed by atoms with Crippen molar-refractivity contribution in [2.45, 2.75) is 19.3 Å². The van der Waals surface area contributed by atoms with E-state index in [0.29, 0.717) is 32.0 Å². The molecule has 1 atom stereocenters. The predicted octanol–water partition coefficient (Wildman–Crippen LogP) is -0.488. The van der Waals surface area contributed by atoms with E-state index in [9.17, 15) is 9.59 Å². The quantitative estimate of drug-likeness (QED) is 0.358. The lowest BCUT2D eigenvalue weighted by Gasteiger charge is -2.20. The first-order valence-electron chi connectivity index (χ1n) is 4.55. The van der Waals surface area contributed by atoms with Crippen LogP contribution < -0.4 is 10.9 Å². The van der Waals surface area contributed by atoms with Gasteiger partial charge in [-0.1, -0.05) is 0 Å². The molecule has 0 aromatic rings. The standard InChI is InChI=1S/C8H14N2O4/c11-6-9-10-8(12)2-1-7-3-4-13-14-5-7/h6-7H,1-5H2,(H,9,11)(H,10,12). The summed E-state index contributed by atoms with van der Waals surface area (Å²) in [6.07, 6.45) is 2.47. The van der Waals surface area contributed by atoms with Crippen LogP contribution in [0.2, 0.25) is 0 Å². The van der Waals surface area contributed by atoms with E-state index >= 15 is 0 Å². The van der Waals surface area contributed by atoms with E-state index < -0.39 is 0 Å². The summed E-state index contributed by atoms with van der Waals surface area (Å²) in [5.41, 5.74) is 4.34. The highest BCUT2D eigenvalue weighted by Crippen LogP contribution is 2.15. The number of hydrogen-bond donors (Lipinski definition) is 2. The molecule has 0 spiro atoms. The van der Waals surface area contributed by atoms with Gasteiger partial charge in [-0.25, -0.2) is 9.78 Å². The molecule has 2 N–H and O–H groups in total. The van der Waals surface area contributed by atoms with Gasteiger partial charge >= 0.3 is 0 Å². The third-order valence-corrected chi connectivity index (χ3v) is 2.05. The molecule has 1 saturated heterocycles. The molecule has 0 bridgehead atoms. The molecular formula is C8H14N2O4. The summed E-state index contributed by atoms with van der Waals surface area (Å²) in [4.78, 5) is 30.4. The second-order valence-corrected chi connectivity index (χ2v) is 3.11. The molecule has 1 heterocycles. The van der Waals surface area contributed by atoms with E-state index in [2.05, 4.69) is 10.9 Å². The van der Waals surface area contributed by atoms with Crippen LogP contribution in [0, 0.1) is 5.92 Å². The smallest absolute Gasteiger partial charge is 0.238 e. The number of amides is 2. The molecule has 0 radical (unpaired) electrons. The Hall–Kier alpha value is -1.14. The van der Waals surface area contributed by atoms with Crippen molar-refractivity contribution in [2.24, 2.45) is 5.92 Å². The third kappa shape index (κ3) is 4.20. The maximum Gasteiger partial charge on any atom is 0.238 e. The average Bonchev–Trinajstić information content (AvgIpc) is 2.25. The van der Waals surface area contributed by atoms with Gasteiger partial charge in [0.25, 0.3) is 0 Å². The highest BCUT2D eigenvalue weighted by Gasteiger charge is 2.15. The number of nitrogens with one attached hydrogen (secondary N) is 2. The minimum atomic E-state index is -0.191. The maximum atomic E-state index is 11.0. The molecule has 6 nitrogen and oxygen atoms in total. The molecule has 1 rings (SSSR count). The molecule has 0 aromatic carbocycles. The van der Waals surface area contributed by atoms with Gasteiger partial charge in [0.05, 0.1) is 13.2 Å². The van der Waals surface area contributed by atoms with Crippen LogP contribution in [-0.4, -0.2) is 25.5 Å². The zero-order valence-corrected chi connectivity index (χ0v) is 7.82. The van der Waals surface area contributed by atoms with Crippen molar-refractivity contribution in [3.63, 3.8) is 0 Å². The SMILES string of the molecule is O=CNNC(=O)CCC1CCOOC1. The summed E-state index contributed by atoms with van der Waals surface area (Å²) in [6, 6.07) is 0. The Morgan fingerprint density at radius 3 is 3.00 bits per heavy atom. The van der Waals surface area contributed by atoms with Crippen molar-refractivity contribution in [2.75, 3.05) is 13.2 Å². The van der Waals surface area contributed by atoms with Crippen LogP contribution in [0.1, 0.15) is 19.3 Å². The predicted molar refractivity (Wildman–Crippen MR) is 46.6 cm³/mol. The maximum absolute atomic E-state index is 11.0. The van der Waals surface area contributed by atoms with Crippen LogP contribution in [0.25, 0.3) is 0 Å². The zero-order valence-electron chi connectivity index (χ0n) is 7.82. The van der Waals surface area contributed by atoms with Gasteiger partial charge in [0.15, 0.2) is 0 Å². The van der Waals surface area contributed by atoms with E-state index in [1.54, 1.807) is 0 Å². The Kier molecular flexibility index (Phi) is 4.95. The van der Waals surface area contributed by atoms with Gasteiger partial charge in [0, 0.05) is 6.42 Å². The van der Waals surface area contributed by atoms with Gasteiger partial charge < -0.3 is 0 Å². The fourth-order valence-corrected chi connectivity index (χ4v) is 1.24. The number of carbonyl (C=O) groups excluding carboxylic acids is 2. The minimum absolute atomic E-state index is 0.191. The van der Waals surface area contributed by atoms with E-state index in [1.165, 1.54) is 0 Å². The largest absolute Gasteiger partial charge is 0.277 e. The van der Waals surface area contributed by atoms with Gasteiger partial charge in [-0.05, 0) is 18.8 Å². The zero-order chi connectivity index (χ0) is 10.2. The Morgan fingerprint density at radius 1 is 1.50 bits per heavy atom. The molecule has 1 aliphatic heterocycles. The molecule has 1 aliphatic rings. The fourth-order valence-electron chi connectivity index (χ4n) is 1.24. The van der Waals surface area contributed by atoms with Crippen LogP contribution in [0.4, 0.5) is 0 Å². The van der Waals surface area contributed by atoms with Crippen LogP contribution >= 0.6 is 0 Å². The van der Waals surface area contributed by atoms with Gasteiger partial charge in [0.2, 0.25) is 12.3 Å². The monoisotopic (exact) mass is 202 g/mol. The second kappa shape index (κ2) is 6.33. The topological polar surface area (TPSA) is 76.7 Å². The fraction of sp³-hybridized carbons (Fsp3) is 0.750. The second-order valence-electron chi connectivity index (χ2n) is 3.11. The first-order valence-corrected chi connectivity index (χ1v) is 4.55. The number of rotatable bonds is 5. The van der Waals surface area contributed by atoms with Crippen molar-refractivity contribution < 1.29 is 19.4 Å². The van der Waals surface area contributed by atoms with Crippen LogP contribution in [0.15, 0.2) is 0 Å². The third-order valence-electron chi connectivity index (χ3n) is 2.05. The molecule has 1 unspecified atom stereocenters. The summed E-state index contributed by atoms with van der Waals surface area (Å²) in [5, 5.41) is 0. The minimum Gasteiger partial charge on any atom is -0.277 e. The van der Waals surface area contributed by atoms with Crippen LogP contribution in [-0.2, 0) is 19.4 Å². The van der Waals surface area contributed by atoms with Gasteiger partial charge in [-0.2, -0.15) is 0 Å². The number of carbonyl (C=O) groups is 2. The van der Waals surface area contributed by atoms with Gasteiger partial charge in [-0.15, -0.1) is 0 Å². The number of hydrazine groups is 1. The Labute approximate surface area is 81.8 Å². The van der Waals surface area contributed by atoms with Crippen molar-refractivity contribution in [3.8, 4) is 0 Å². The molecule has 2 amide bonds. The van der Waals surface area contributed by atoms with E-state index in [1.807, 2.05) is 0 Å². The van der Waals surface area contributed by atoms with Crippen molar-refractivity contribution in [1.29, 1.82) is 0 Å². The van der Waals surface area contributed by atoms with Gasteiger partial charge in [-0.3, -0.25) is 20.4 Å². The first kappa shape index (κ1) is 10.9. The molecule has 0 saturated carbocycles. The van der Waals surface area contributed by atoms with Crippen LogP contribution in [0.5, 0.6) is 0 Å². The summed E-state index contributed by atoms with van der Waals surface area (Å²) in [7, 11) is 0. The molecule has 0 aromatic heterocycles. The van der Waals surface area contributed by atoms with Crippen molar-refractivity contribution in [3.05, 3.63) is 0 Å². The van der Waals surface area contributed by atoms with Crippen molar-refractivity contribution in [1.82, 2.24) is 10.9 Å². The molecule has 6 heteroatoms. The average molecular weight is 202 g/mol. The van der Waals surface area contributed by atoms with E-state index in [4.69, 9.17) is 9.78 Å². The van der Waals surface area contributed by atoms with E-state index in [0.717, 1.165) is 12.8 Å². The Morgan fingerprint density at radius 2 is 2.36 bits per heavy atom. The molecule has 0 aliphatic carbocycles. The summed E-state index contributed by atoms with van der Waals surface area (Å²) < 4.78 is 0. The summed E-state index contributed by atoms with van der Waals surface area (Å²) in [6.45, 7) is 1.12. The van der Waals surface area contributed by atoms with Gasteiger partial charge in [0.1, 0.15) is 0 Å². The Bertz CT molecular complexity index is 192. The molecule has 80 valence electrons. The highest BCUT2D eigenvalue weighted by atomic mass is 17.2. The van der Waals surface area contributed by atoms with Crippen LogP contribution in [0.3, 0.4) is 0 Å². The lowest BCUT2D eigenvalue weighted by atomic mass is 10.0. The summed E-state index contributed by atoms with van der Waals surface area (Å²) in [5.74, 6) is 0.175. The van der Waals surface area contributed by atoms with E-state index in [-0.39, 0.29) is 5.91 Å². The van der Waals surface area contributed by atoms with Crippen molar-refractivity contribution >= 4 is 12.3 Å².